The van der Waals surface area contributed by atoms with Crippen LogP contribution < -0.4 is 0 Å². The zero-order valence-electron chi connectivity index (χ0n) is 13.2. The third kappa shape index (κ3) is 4.16. The molecule has 1 aromatic carbocycles. The maximum Gasteiger partial charge on any atom is 0.338 e. The fourth-order valence-electron chi connectivity index (χ4n) is 2.94. The lowest BCUT2D eigenvalue weighted by molar-refractivity contribution is -0.136. The summed E-state index contributed by atoms with van der Waals surface area (Å²) in [6, 6.07) is 8.42. The van der Waals surface area contributed by atoms with E-state index in [-0.39, 0.29) is 5.97 Å². The molecule has 2 saturated carbocycles. The van der Waals surface area contributed by atoms with E-state index in [4.69, 9.17) is 4.74 Å². The maximum atomic E-state index is 12.3. The van der Waals surface area contributed by atoms with E-state index >= 15 is 0 Å². The summed E-state index contributed by atoms with van der Waals surface area (Å²) in [5.41, 5.74) is 1.74. The molecule has 0 unspecified atom stereocenters. The lowest BCUT2D eigenvalue weighted by atomic mass is 9.99. The summed E-state index contributed by atoms with van der Waals surface area (Å²) in [7, 11) is 0. The minimum absolute atomic E-state index is 0.183. The second-order valence-electron chi connectivity index (χ2n) is 6.19. The molecule has 2 fully saturated rings. The number of benzene rings is 1. The largest absolute Gasteiger partial charge is 0.462 e. The van der Waals surface area contributed by atoms with Crippen LogP contribution in [0.2, 0.25) is 0 Å². The number of hydrogen-bond acceptors (Lipinski definition) is 3. The molecule has 0 radical (unpaired) electrons. The molecule has 2 nitrogen and oxygen atoms in total. The molecule has 0 bridgehead atoms. The highest BCUT2D eigenvalue weighted by Gasteiger charge is 2.23. The predicted octanol–water partition coefficient (Wildman–Crippen LogP) is 5.08. The molecule has 118 valence electrons. The van der Waals surface area contributed by atoms with Crippen molar-refractivity contribution >= 4 is 23.3 Å². The van der Waals surface area contributed by atoms with Crippen LogP contribution in [0.3, 0.4) is 0 Å². The molecule has 0 aliphatic heterocycles. The van der Waals surface area contributed by atoms with E-state index in [0.29, 0.717) is 12.5 Å². The van der Waals surface area contributed by atoms with Gasteiger partial charge in [-0.25, -0.2) is 4.79 Å². The summed E-state index contributed by atoms with van der Waals surface area (Å²) in [5.74, 6) is 0.344. The smallest absolute Gasteiger partial charge is 0.338 e. The van der Waals surface area contributed by atoms with Gasteiger partial charge < -0.3 is 4.74 Å². The molecule has 0 amide bonds. The first-order valence-electron chi connectivity index (χ1n) is 8.42. The van der Waals surface area contributed by atoms with E-state index in [2.05, 4.69) is 30.3 Å². The van der Waals surface area contributed by atoms with E-state index in [1.54, 1.807) is 0 Å². The van der Waals surface area contributed by atoms with Crippen LogP contribution in [0.15, 0.2) is 35.2 Å². The van der Waals surface area contributed by atoms with Crippen LogP contribution >= 0.6 is 11.8 Å². The summed E-state index contributed by atoms with van der Waals surface area (Å²) in [5, 5.41) is 0.810. The van der Waals surface area contributed by atoms with Gasteiger partial charge in [-0.3, -0.25) is 0 Å². The Labute approximate surface area is 137 Å². The molecule has 3 rings (SSSR count). The molecule has 1 aromatic rings. The molecule has 0 saturated heterocycles. The molecule has 0 aromatic heterocycles. The number of esters is 1. The number of rotatable bonds is 6. The third-order valence-corrected chi connectivity index (χ3v) is 5.64. The van der Waals surface area contributed by atoms with Gasteiger partial charge in [0.05, 0.1) is 12.2 Å². The number of carbonyl (C=O) groups is 1. The first-order chi connectivity index (χ1) is 10.8. The van der Waals surface area contributed by atoms with Crippen LogP contribution in [0.4, 0.5) is 0 Å². The average molecular weight is 316 g/mol. The standard InChI is InChI=1S/C19H24O2S/c1-2-21-19(20)18(13-14-5-3-4-6-14)15-7-9-16(10-8-15)22-17-11-12-17/h7-10,13-14,17H,2-6,11-12H2,1H3. The number of thioether (sulfide) groups is 1. The van der Waals surface area contributed by atoms with Crippen molar-refractivity contribution in [1.82, 2.24) is 0 Å². The molecule has 3 heteroatoms. The molecule has 2 aliphatic rings. The Bertz CT molecular complexity index is 537. The molecule has 22 heavy (non-hydrogen) atoms. The molecule has 2 aliphatic carbocycles. The Morgan fingerprint density at radius 1 is 1.18 bits per heavy atom. The third-order valence-electron chi connectivity index (χ3n) is 4.29. The lowest BCUT2D eigenvalue weighted by Gasteiger charge is -2.11. The number of hydrogen-bond donors (Lipinski definition) is 0. The molecule has 0 atom stereocenters. The highest BCUT2D eigenvalue weighted by Crippen LogP contribution is 2.39. The van der Waals surface area contributed by atoms with Crippen molar-refractivity contribution in [3.63, 3.8) is 0 Å². The van der Waals surface area contributed by atoms with Crippen LogP contribution in [0, 0.1) is 5.92 Å². The number of ether oxygens (including phenoxy) is 1. The van der Waals surface area contributed by atoms with E-state index in [1.807, 2.05) is 18.7 Å². The van der Waals surface area contributed by atoms with Crippen LogP contribution in [0.25, 0.3) is 5.57 Å². The highest BCUT2D eigenvalue weighted by atomic mass is 32.2. The van der Waals surface area contributed by atoms with Crippen LogP contribution in [-0.2, 0) is 9.53 Å². The quantitative estimate of drug-likeness (QED) is 0.541. The van der Waals surface area contributed by atoms with Gasteiger partial charge in [-0.05, 0) is 56.2 Å². The molecule has 0 spiro atoms. The van der Waals surface area contributed by atoms with Crippen molar-refractivity contribution in [2.75, 3.05) is 6.61 Å². The maximum absolute atomic E-state index is 12.3. The van der Waals surface area contributed by atoms with E-state index < -0.39 is 0 Å². The Morgan fingerprint density at radius 3 is 2.45 bits per heavy atom. The van der Waals surface area contributed by atoms with Crippen molar-refractivity contribution in [2.24, 2.45) is 5.92 Å². The highest BCUT2D eigenvalue weighted by molar-refractivity contribution is 8.00. The SMILES string of the molecule is CCOC(=O)C(=CC1CCCC1)c1ccc(SC2CC2)cc1. The molecule has 0 heterocycles. The van der Waals surface area contributed by atoms with Gasteiger partial charge >= 0.3 is 5.97 Å². The van der Waals surface area contributed by atoms with Crippen molar-refractivity contribution in [3.8, 4) is 0 Å². The first kappa shape index (κ1) is 15.7. The second kappa shape index (κ2) is 7.36. The zero-order valence-corrected chi connectivity index (χ0v) is 14.0. The normalized spacial score (nSPS) is 19.4. The summed E-state index contributed by atoms with van der Waals surface area (Å²) < 4.78 is 5.26. The van der Waals surface area contributed by atoms with Gasteiger partial charge in [0.2, 0.25) is 0 Å². The predicted molar refractivity (Wildman–Crippen MR) is 91.9 cm³/mol. The molecular formula is C19H24O2S. The summed E-state index contributed by atoms with van der Waals surface area (Å²) in [6.07, 6.45) is 9.75. The molecule has 0 N–H and O–H groups in total. The lowest BCUT2D eigenvalue weighted by Crippen LogP contribution is -2.08. The van der Waals surface area contributed by atoms with E-state index in [1.165, 1.54) is 43.4 Å². The summed E-state index contributed by atoms with van der Waals surface area (Å²) in [6.45, 7) is 2.29. The van der Waals surface area contributed by atoms with Crippen molar-refractivity contribution in [2.45, 2.75) is 55.6 Å². The van der Waals surface area contributed by atoms with E-state index in [9.17, 15) is 4.79 Å². The van der Waals surface area contributed by atoms with Gasteiger partial charge in [0.15, 0.2) is 0 Å². The number of allylic oxidation sites excluding steroid dienone is 1. The monoisotopic (exact) mass is 316 g/mol. The minimum Gasteiger partial charge on any atom is -0.462 e. The van der Waals surface area contributed by atoms with Gasteiger partial charge in [-0.2, -0.15) is 0 Å². The van der Waals surface area contributed by atoms with Crippen LogP contribution in [0.5, 0.6) is 0 Å². The van der Waals surface area contributed by atoms with Crippen molar-refractivity contribution < 1.29 is 9.53 Å². The molecular weight excluding hydrogens is 292 g/mol. The van der Waals surface area contributed by atoms with Gasteiger partial charge in [-0.15, -0.1) is 11.8 Å². The van der Waals surface area contributed by atoms with Crippen molar-refractivity contribution in [1.29, 1.82) is 0 Å². The van der Waals surface area contributed by atoms with Gasteiger partial charge in [0.1, 0.15) is 0 Å². The Kier molecular flexibility index (Phi) is 5.24. The first-order valence-corrected chi connectivity index (χ1v) is 9.30. The van der Waals surface area contributed by atoms with Crippen LogP contribution in [0.1, 0.15) is 51.0 Å². The Morgan fingerprint density at radius 2 is 1.86 bits per heavy atom. The van der Waals surface area contributed by atoms with Crippen LogP contribution in [-0.4, -0.2) is 17.8 Å². The fourth-order valence-corrected chi connectivity index (χ4v) is 3.99. The van der Waals surface area contributed by atoms with Crippen molar-refractivity contribution in [3.05, 3.63) is 35.9 Å². The minimum atomic E-state index is -0.183. The Hall–Kier alpha value is -1.22. The second-order valence-corrected chi connectivity index (χ2v) is 7.56. The summed E-state index contributed by atoms with van der Waals surface area (Å²) >= 11 is 1.95. The fraction of sp³-hybridized carbons (Fsp3) is 0.526. The summed E-state index contributed by atoms with van der Waals surface area (Å²) in [4.78, 5) is 13.6. The average Bonchev–Trinajstić information content (AvgIpc) is 3.18. The van der Waals surface area contributed by atoms with Gasteiger partial charge in [0, 0.05) is 10.1 Å². The van der Waals surface area contributed by atoms with Gasteiger partial charge in [0.25, 0.3) is 0 Å². The Balaban J connectivity index is 1.78. The van der Waals surface area contributed by atoms with E-state index in [0.717, 1.165) is 16.4 Å². The topological polar surface area (TPSA) is 26.3 Å². The van der Waals surface area contributed by atoms with Gasteiger partial charge in [-0.1, -0.05) is 31.1 Å². The number of carbonyl (C=O) groups excluding carboxylic acids is 1. The zero-order chi connectivity index (χ0) is 15.4.